The molecule has 0 unspecified atom stereocenters. The number of carbonyl (C=O) groups excluding carboxylic acids is 2. The van der Waals surface area contributed by atoms with Crippen molar-refractivity contribution < 1.29 is 18.4 Å². The van der Waals surface area contributed by atoms with Crippen LogP contribution in [0.5, 0.6) is 0 Å². The van der Waals surface area contributed by atoms with Crippen molar-refractivity contribution in [3.63, 3.8) is 0 Å². The van der Waals surface area contributed by atoms with E-state index in [4.69, 9.17) is 0 Å². The second kappa shape index (κ2) is 8.62. The summed E-state index contributed by atoms with van der Waals surface area (Å²) >= 11 is 1.32. The average molecular weight is 364 g/mol. The molecule has 7 heteroatoms. The second-order valence-corrected chi connectivity index (χ2v) is 6.50. The molecule has 1 atom stereocenters. The number of thioether (sulfide) groups is 1. The Labute approximate surface area is 149 Å². The van der Waals surface area contributed by atoms with Gasteiger partial charge in [0, 0.05) is 29.1 Å². The van der Waals surface area contributed by atoms with Gasteiger partial charge in [-0.15, -0.1) is 11.8 Å². The molecule has 2 amide bonds. The molecule has 0 aromatic heterocycles. The first-order valence-electron chi connectivity index (χ1n) is 7.60. The molecule has 0 aliphatic carbocycles. The summed E-state index contributed by atoms with van der Waals surface area (Å²) in [7, 11) is 0. The predicted octanol–water partition coefficient (Wildman–Crippen LogP) is 3.89. The van der Waals surface area contributed by atoms with Crippen molar-refractivity contribution in [2.75, 3.05) is 11.1 Å². The molecule has 0 heterocycles. The summed E-state index contributed by atoms with van der Waals surface area (Å²) in [6, 6.07) is 9.81. The van der Waals surface area contributed by atoms with Crippen LogP contribution < -0.4 is 10.6 Å². The zero-order valence-corrected chi connectivity index (χ0v) is 14.6. The Morgan fingerprint density at radius 1 is 1.12 bits per heavy atom. The smallest absolute Gasteiger partial charge is 0.230 e. The number of benzene rings is 2. The fourth-order valence-corrected chi connectivity index (χ4v) is 2.91. The summed E-state index contributed by atoms with van der Waals surface area (Å²) in [5.74, 6) is -1.59. The maximum absolute atomic E-state index is 13.7. The minimum Gasteiger partial charge on any atom is -0.349 e. The molecule has 0 spiro atoms. The first-order valence-corrected chi connectivity index (χ1v) is 8.58. The zero-order chi connectivity index (χ0) is 18.4. The van der Waals surface area contributed by atoms with Crippen LogP contribution in [0.25, 0.3) is 0 Å². The molecule has 132 valence electrons. The van der Waals surface area contributed by atoms with Crippen LogP contribution in [0.2, 0.25) is 0 Å². The molecule has 25 heavy (non-hydrogen) atoms. The summed E-state index contributed by atoms with van der Waals surface area (Å²) < 4.78 is 26.6. The summed E-state index contributed by atoms with van der Waals surface area (Å²) in [5.41, 5.74) is 0.918. The zero-order valence-electron chi connectivity index (χ0n) is 13.8. The monoisotopic (exact) mass is 364 g/mol. The minimum atomic E-state index is -0.686. The van der Waals surface area contributed by atoms with Crippen LogP contribution in [0.15, 0.2) is 47.4 Å². The van der Waals surface area contributed by atoms with Gasteiger partial charge in [-0.1, -0.05) is 6.07 Å². The Bertz CT molecular complexity index is 766. The number of anilines is 1. The molecule has 2 aromatic rings. The van der Waals surface area contributed by atoms with Crippen LogP contribution in [0.4, 0.5) is 14.5 Å². The van der Waals surface area contributed by atoms with Gasteiger partial charge in [-0.3, -0.25) is 9.59 Å². The molecule has 4 nitrogen and oxygen atoms in total. The summed E-state index contributed by atoms with van der Waals surface area (Å²) in [6.07, 6.45) is 0. The van der Waals surface area contributed by atoms with Crippen molar-refractivity contribution in [2.45, 2.75) is 24.8 Å². The molecular formula is C18H18F2N2O2S. The fourth-order valence-electron chi connectivity index (χ4n) is 2.20. The number of hydrogen-bond donors (Lipinski definition) is 2. The average Bonchev–Trinajstić information content (AvgIpc) is 2.53. The highest BCUT2D eigenvalue weighted by atomic mass is 32.2. The third-order valence-corrected chi connectivity index (χ3v) is 4.36. The van der Waals surface area contributed by atoms with Gasteiger partial charge >= 0.3 is 0 Å². The van der Waals surface area contributed by atoms with Gasteiger partial charge in [0.1, 0.15) is 11.6 Å². The molecule has 0 fully saturated rings. The quantitative estimate of drug-likeness (QED) is 0.765. The van der Waals surface area contributed by atoms with E-state index in [0.717, 1.165) is 17.0 Å². The van der Waals surface area contributed by atoms with Crippen LogP contribution in [-0.2, 0) is 9.59 Å². The van der Waals surface area contributed by atoms with Gasteiger partial charge in [-0.05, 0) is 37.3 Å². The lowest BCUT2D eigenvalue weighted by Crippen LogP contribution is -2.28. The molecule has 2 rings (SSSR count). The van der Waals surface area contributed by atoms with Gasteiger partial charge in [0.05, 0.1) is 11.8 Å². The van der Waals surface area contributed by atoms with Gasteiger partial charge < -0.3 is 10.6 Å². The third-order valence-electron chi connectivity index (χ3n) is 3.35. The van der Waals surface area contributed by atoms with E-state index in [2.05, 4.69) is 10.6 Å². The molecule has 2 aromatic carbocycles. The molecule has 0 saturated carbocycles. The van der Waals surface area contributed by atoms with E-state index < -0.39 is 17.7 Å². The predicted molar refractivity (Wildman–Crippen MR) is 94.4 cm³/mol. The van der Waals surface area contributed by atoms with E-state index in [1.807, 2.05) is 0 Å². The number of carbonyl (C=O) groups is 2. The van der Waals surface area contributed by atoms with Crippen LogP contribution in [0.1, 0.15) is 25.5 Å². The number of nitrogens with one attached hydrogen (secondary N) is 2. The van der Waals surface area contributed by atoms with Crippen molar-refractivity contribution in [1.82, 2.24) is 5.32 Å². The second-order valence-electron chi connectivity index (χ2n) is 5.45. The van der Waals surface area contributed by atoms with E-state index in [0.29, 0.717) is 5.69 Å². The van der Waals surface area contributed by atoms with Crippen molar-refractivity contribution in [2.24, 2.45) is 0 Å². The number of hydrogen-bond acceptors (Lipinski definition) is 3. The Morgan fingerprint density at radius 2 is 1.80 bits per heavy atom. The number of halogens is 2. The lowest BCUT2D eigenvalue weighted by molar-refractivity contribution is -0.119. The van der Waals surface area contributed by atoms with Crippen molar-refractivity contribution >= 4 is 29.3 Å². The van der Waals surface area contributed by atoms with Gasteiger partial charge in [-0.2, -0.15) is 0 Å². The Balaban J connectivity index is 1.86. The highest BCUT2D eigenvalue weighted by molar-refractivity contribution is 8.00. The molecule has 0 radical (unpaired) electrons. The molecular weight excluding hydrogens is 346 g/mol. The summed E-state index contributed by atoms with van der Waals surface area (Å²) in [4.78, 5) is 23.8. The van der Waals surface area contributed by atoms with E-state index >= 15 is 0 Å². The standard InChI is InChI=1S/C18H18F2N2O2S/c1-11(16-8-3-13(19)9-17(16)20)21-18(24)10-25-15-6-4-14(5-7-15)22-12(2)23/h3-9,11H,10H2,1-2H3,(H,21,24)(H,22,23)/t11-/m0/s1. The SMILES string of the molecule is CC(=O)Nc1ccc(SCC(=O)N[C@@H](C)c2ccc(F)cc2F)cc1. The molecule has 0 aliphatic rings. The van der Waals surface area contributed by atoms with E-state index in [1.54, 1.807) is 31.2 Å². The van der Waals surface area contributed by atoms with Crippen molar-refractivity contribution in [1.29, 1.82) is 0 Å². The number of rotatable bonds is 6. The van der Waals surface area contributed by atoms with Gasteiger partial charge in [0.25, 0.3) is 0 Å². The van der Waals surface area contributed by atoms with Gasteiger partial charge in [-0.25, -0.2) is 8.78 Å². The largest absolute Gasteiger partial charge is 0.349 e. The Morgan fingerprint density at radius 3 is 2.40 bits per heavy atom. The van der Waals surface area contributed by atoms with Crippen LogP contribution >= 0.6 is 11.8 Å². The first kappa shape index (κ1) is 18.9. The van der Waals surface area contributed by atoms with Gasteiger partial charge in [0.15, 0.2) is 0 Å². The molecule has 0 aliphatic heterocycles. The third kappa shape index (κ3) is 5.86. The van der Waals surface area contributed by atoms with E-state index in [9.17, 15) is 18.4 Å². The van der Waals surface area contributed by atoms with Crippen molar-refractivity contribution in [3.05, 3.63) is 59.7 Å². The normalized spacial score (nSPS) is 11.7. The molecule has 2 N–H and O–H groups in total. The maximum Gasteiger partial charge on any atom is 0.230 e. The molecule has 0 saturated heterocycles. The van der Waals surface area contributed by atoms with Crippen molar-refractivity contribution in [3.8, 4) is 0 Å². The maximum atomic E-state index is 13.7. The lowest BCUT2D eigenvalue weighted by Gasteiger charge is -2.15. The summed E-state index contributed by atoms with van der Waals surface area (Å²) in [5, 5.41) is 5.35. The molecule has 0 bridgehead atoms. The lowest BCUT2D eigenvalue weighted by atomic mass is 10.1. The Kier molecular flexibility index (Phi) is 6.52. The van der Waals surface area contributed by atoms with Crippen LogP contribution in [0.3, 0.4) is 0 Å². The minimum absolute atomic E-state index is 0.151. The van der Waals surface area contributed by atoms with E-state index in [-0.39, 0.29) is 23.1 Å². The number of amides is 2. The highest BCUT2D eigenvalue weighted by Gasteiger charge is 2.14. The highest BCUT2D eigenvalue weighted by Crippen LogP contribution is 2.21. The Hall–Kier alpha value is -2.41. The van der Waals surface area contributed by atoms with Crippen LogP contribution in [-0.4, -0.2) is 17.6 Å². The topological polar surface area (TPSA) is 58.2 Å². The summed E-state index contributed by atoms with van der Waals surface area (Å²) in [6.45, 7) is 3.07. The van der Waals surface area contributed by atoms with Gasteiger partial charge in [0.2, 0.25) is 11.8 Å². The van der Waals surface area contributed by atoms with Crippen LogP contribution in [0, 0.1) is 11.6 Å². The fraction of sp³-hybridized carbons (Fsp3) is 0.222. The first-order chi connectivity index (χ1) is 11.8. The van der Waals surface area contributed by atoms with E-state index in [1.165, 1.54) is 24.8 Å².